The Labute approximate surface area is 115 Å². The van der Waals surface area contributed by atoms with E-state index in [0.717, 1.165) is 23.7 Å². The standard InChI is InChI=1S/C13H17BrN2O2/c1-18-12-5-3-9(14)7-11(12)16-13(17)8-2-4-10(15)6-8/h3,5,7-8,10H,2,4,6,15H2,1H3,(H,16,17). The molecule has 2 atom stereocenters. The average Bonchev–Trinajstić information content (AvgIpc) is 2.76. The van der Waals surface area contributed by atoms with E-state index in [9.17, 15) is 4.79 Å². The molecule has 3 N–H and O–H groups in total. The Morgan fingerprint density at radius 3 is 2.89 bits per heavy atom. The van der Waals surface area contributed by atoms with Crippen molar-refractivity contribution in [2.24, 2.45) is 11.7 Å². The maximum atomic E-state index is 12.1. The van der Waals surface area contributed by atoms with Crippen LogP contribution in [0, 0.1) is 5.92 Å². The van der Waals surface area contributed by atoms with Crippen molar-refractivity contribution >= 4 is 27.5 Å². The molecule has 0 radical (unpaired) electrons. The van der Waals surface area contributed by atoms with Crippen molar-refractivity contribution in [1.82, 2.24) is 0 Å². The number of carbonyl (C=O) groups is 1. The molecule has 5 heteroatoms. The third kappa shape index (κ3) is 3.03. The van der Waals surface area contributed by atoms with E-state index in [1.54, 1.807) is 7.11 Å². The largest absolute Gasteiger partial charge is 0.495 e. The van der Waals surface area contributed by atoms with Gasteiger partial charge in [-0.2, -0.15) is 0 Å². The van der Waals surface area contributed by atoms with E-state index in [1.807, 2.05) is 18.2 Å². The van der Waals surface area contributed by atoms with Gasteiger partial charge in [0.05, 0.1) is 12.8 Å². The number of halogens is 1. The van der Waals surface area contributed by atoms with Crippen molar-refractivity contribution in [3.63, 3.8) is 0 Å². The van der Waals surface area contributed by atoms with E-state index in [-0.39, 0.29) is 17.9 Å². The third-order valence-electron chi connectivity index (χ3n) is 3.26. The number of amides is 1. The molecule has 1 aromatic carbocycles. The van der Waals surface area contributed by atoms with Crippen molar-refractivity contribution in [3.8, 4) is 5.75 Å². The Morgan fingerprint density at radius 1 is 1.50 bits per heavy atom. The third-order valence-corrected chi connectivity index (χ3v) is 3.76. The molecule has 2 unspecified atom stereocenters. The monoisotopic (exact) mass is 312 g/mol. The van der Waals surface area contributed by atoms with Crippen LogP contribution in [0.25, 0.3) is 0 Å². The normalized spacial score (nSPS) is 22.8. The van der Waals surface area contributed by atoms with E-state index in [2.05, 4.69) is 21.2 Å². The molecule has 18 heavy (non-hydrogen) atoms. The van der Waals surface area contributed by atoms with Crippen molar-refractivity contribution in [2.75, 3.05) is 12.4 Å². The quantitative estimate of drug-likeness (QED) is 0.901. The van der Waals surface area contributed by atoms with Crippen LogP contribution in [0.5, 0.6) is 5.75 Å². The minimum atomic E-state index is 0.0173. The lowest BCUT2D eigenvalue weighted by atomic mass is 10.1. The molecular weight excluding hydrogens is 296 g/mol. The van der Waals surface area contributed by atoms with Gasteiger partial charge >= 0.3 is 0 Å². The molecule has 98 valence electrons. The number of hydrogen-bond acceptors (Lipinski definition) is 3. The highest BCUT2D eigenvalue weighted by molar-refractivity contribution is 9.10. The molecule has 1 aliphatic rings. The predicted molar refractivity (Wildman–Crippen MR) is 74.6 cm³/mol. The molecule has 1 amide bonds. The lowest BCUT2D eigenvalue weighted by Gasteiger charge is -2.13. The van der Waals surface area contributed by atoms with E-state index in [4.69, 9.17) is 10.5 Å². The lowest BCUT2D eigenvalue weighted by Crippen LogP contribution is -2.23. The first-order valence-corrected chi connectivity index (χ1v) is 6.79. The highest BCUT2D eigenvalue weighted by Crippen LogP contribution is 2.30. The van der Waals surface area contributed by atoms with Gasteiger partial charge in [0.1, 0.15) is 5.75 Å². The number of anilines is 1. The van der Waals surface area contributed by atoms with Crippen LogP contribution < -0.4 is 15.8 Å². The molecule has 0 bridgehead atoms. The number of ether oxygens (including phenoxy) is 1. The highest BCUT2D eigenvalue weighted by Gasteiger charge is 2.28. The van der Waals surface area contributed by atoms with E-state index < -0.39 is 0 Å². The van der Waals surface area contributed by atoms with Gasteiger partial charge in [0.2, 0.25) is 5.91 Å². The molecule has 1 saturated carbocycles. The number of benzene rings is 1. The predicted octanol–water partition coefficient (Wildman–Crippen LogP) is 2.52. The second-order valence-corrected chi connectivity index (χ2v) is 5.52. The fourth-order valence-corrected chi connectivity index (χ4v) is 2.63. The number of nitrogens with one attached hydrogen (secondary N) is 1. The van der Waals surface area contributed by atoms with Crippen LogP contribution >= 0.6 is 15.9 Å². The summed E-state index contributed by atoms with van der Waals surface area (Å²) < 4.78 is 6.13. The molecule has 0 spiro atoms. The van der Waals surface area contributed by atoms with Crippen molar-refractivity contribution in [1.29, 1.82) is 0 Å². The average molecular weight is 313 g/mol. The van der Waals surface area contributed by atoms with Gasteiger partial charge in [-0.15, -0.1) is 0 Å². The first-order chi connectivity index (χ1) is 8.60. The fraction of sp³-hybridized carbons (Fsp3) is 0.462. The van der Waals surface area contributed by atoms with Crippen molar-refractivity contribution < 1.29 is 9.53 Å². The van der Waals surface area contributed by atoms with Crippen LogP contribution in [0.15, 0.2) is 22.7 Å². The first kappa shape index (κ1) is 13.4. The summed E-state index contributed by atoms with van der Waals surface area (Å²) in [5.41, 5.74) is 6.52. The van der Waals surface area contributed by atoms with Gasteiger partial charge < -0.3 is 15.8 Å². The zero-order valence-corrected chi connectivity index (χ0v) is 11.9. The number of rotatable bonds is 3. The zero-order valence-electron chi connectivity index (χ0n) is 10.3. The maximum absolute atomic E-state index is 12.1. The number of hydrogen-bond donors (Lipinski definition) is 2. The van der Waals surface area contributed by atoms with Crippen LogP contribution in [0.1, 0.15) is 19.3 Å². The second-order valence-electron chi connectivity index (χ2n) is 4.60. The van der Waals surface area contributed by atoms with Crippen LogP contribution in [-0.2, 0) is 4.79 Å². The van der Waals surface area contributed by atoms with E-state index >= 15 is 0 Å². The van der Waals surface area contributed by atoms with E-state index in [0.29, 0.717) is 11.4 Å². The van der Waals surface area contributed by atoms with Gasteiger partial charge in [0.15, 0.2) is 0 Å². The van der Waals surface area contributed by atoms with Gasteiger partial charge in [-0.3, -0.25) is 4.79 Å². The van der Waals surface area contributed by atoms with Gasteiger partial charge in [0, 0.05) is 16.4 Å². The molecule has 4 nitrogen and oxygen atoms in total. The minimum absolute atomic E-state index is 0.0173. The number of methoxy groups -OCH3 is 1. The lowest BCUT2D eigenvalue weighted by molar-refractivity contribution is -0.119. The SMILES string of the molecule is COc1ccc(Br)cc1NC(=O)C1CCC(N)C1. The molecule has 0 aliphatic heterocycles. The van der Waals surface area contributed by atoms with Gasteiger partial charge in [-0.1, -0.05) is 15.9 Å². The molecule has 0 aromatic heterocycles. The number of carbonyl (C=O) groups excluding carboxylic acids is 1. The minimum Gasteiger partial charge on any atom is -0.495 e. The summed E-state index contributed by atoms with van der Waals surface area (Å²) in [5.74, 6) is 0.705. The fourth-order valence-electron chi connectivity index (χ4n) is 2.27. The molecule has 2 rings (SSSR count). The van der Waals surface area contributed by atoms with Gasteiger partial charge in [0.25, 0.3) is 0 Å². The summed E-state index contributed by atoms with van der Waals surface area (Å²) in [5, 5.41) is 2.92. The molecule has 0 heterocycles. The summed E-state index contributed by atoms with van der Waals surface area (Å²) in [6.07, 6.45) is 2.55. The van der Waals surface area contributed by atoms with Crippen LogP contribution in [0.2, 0.25) is 0 Å². The summed E-state index contributed by atoms with van der Waals surface area (Å²) in [6.45, 7) is 0. The van der Waals surface area contributed by atoms with Crippen LogP contribution in [0.3, 0.4) is 0 Å². The van der Waals surface area contributed by atoms with E-state index in [1.165, 1.54) is 0 Å². The Bertz CT molecular complexity index is 451. The summed E-state index contributed by atoms with van der Waals surface area (Å²) in [4.78, 5) is 12.1. The molecule has 0 saturated heterocycles. The topological polar surface area (TPSA) is 64.3 Å². The Kier molecular flexibility index (Phi) is 4.24. The summed E-state index contributed by atoms with van der Waals surface area (Å²) in [6, 6.07) is 5.69. The zero-order chi connectivity index (χ0) is 13.1. The first-order valence-electron chi connectivity index (χ1n) is 6.00. The number of nitrogens with two attached hydrogens (primary N) is 1. The van der Waals surface area contributed by atoms with Crippen LogP contribution in [-0.4, -0.2) is 19.1 Å². The highest BCUT2D eigenvalue weighted by atomic mass is 79.9. The molecule has 1 aliphatic carbocycles. The van der Waals surface area contributed by atoms with Gasteiger partial charge in [-0.25, -0.2) is 0 Å². The molecule has 1 aromatic rings. The van der Waals surface area contributed by atoms with Crippen molar-refractivity contribution in [3.05, 3.63) is 22.7 Å². The Morgan fingerprint density at radius 2 is 2.28 bits per heavy atom. The summed E-state index contributed by atoms with van der Waals surface area (Å²) >= 11 is 3.38. The van der Waals surface area contributed by atoms with Crippen LogP contribution in [0.4, 0.5) is 5.69 Å². The second kappa shape index (κ2) is 5.71. The Balaban J connectivity index is 2.09. The molecule has 1 fully saturated rings. The maximum Gasteiger partial charge on any atom is 0.227 e. The summed E-state index contributed by atoms with van der Waals surface area (Å²) in [7, 11) is 1.59. The molecular formula is C13H17BrN2O2. The van der Waals surface area contributed by atoms with Crippen molar-refractivity contribution in [2.45, 2.75) is 25.3 Å². The van der Waals surface area contributed by atoms with Gasteiger partial charge in [-0.05, 0) is 37.5 Å². The smallest absolute Gasteiger partial charge is 0.227 e. The Hall–Kier alpha value is -1.07.